The van der Waals surface area contributed by atoms with Crippen LogP contribution in [0.1, 0.15) is 39.5 Å². The second kappa shape index (κ2) is 7.77. The van der Waals surface area contributed by atoms with E-state index in [0.717, 1.165) is 27.5 Å². The van der Waals surface area contributed by atoms with Crippen LogP contribution in [0, 0.1) is 6.92 Å². The van der Waals surface area contributed by atoms with Crippen molar-refractivity contribution in [1.29, 1.82) is 0 Å². The number of carbonyl (C=O) groups excluding carboxylic acids is 1. The molecule has 1 aromatic heterocycles. The van der Waals surface area contributed by atoms with Crippen LogP contribution in [0.25, 0.3) is 5.69 Å². The van der Waals surface area contributed by atoms with Gasteiger partial charge in [-0.3, -0.25) is 18.8 Å². The van der Waals surface area contributed by atoms with Crippen molar-refractivity contribution in [2.24, 2.45) is 0 Å². The number of aromatic carboxylic acids is 1. The van der Waals surface area contributed by atoms with Gasteiger partial charge in [-0.05, 0) is 60.7 Å². The molecule has 1 atom stereocenters. The van der Waals surface area contributed by atoms with Gasteiger partial charge in [0.1, 0.15) is 12.2 Å². The molecule has 3 aromatic rings. The molecule has 0 bridgehead atoms. The van der Waals surface area contributed by atoms with Gasteiger partial charge in [0.15, 0.2) is 0 Å². The number of aromatic nitrogens is 2. The van der Waals surface area contributed by atoms with Crippen molar-refractivity contribution in [2.75, 3.05) is 18.1 Å². The maximum absolute atomic E-state index is 13.5. The lowest BCUT2D eigenvalue weighted by Gasteiger charge is -2.19. The largest absolute Gasteiger partial charge is 0.477 e. The molecule has 2 heterocycles. The molecule has 9 heteroatoms. The number of aryl methyl sites for hydroxylation is 1. The molecule has 1 saturated heterocycles. The Morgan fingerprint density at radius 2 is 1.79 bits per heavy atom. The molecule has 0 spiro atoms. The Balaban J connectivity index is 1.65. The molecular formula is C24H21N3O6. The highest BCUT2D eigenvalue weighted by molar-refractivity contribution is 5.89. The quantitative estimate of drug-likeness (QED) is 0.658. The van der Waals surface area contributed by atoms with E-state index in [0.29, 0.717) is 37.4 Å². The number of benzene rings is 2. The van der Waals surface area contributed by atoms with E-state index >= 15 is 0 Å². The van der Waals surface area contributed by atoms with Crippen LogP contribution in [0.2, 0.25) is 0 Å². The van der Waals surface area contributed by atoms with Gasteiger partial charge in [-0.25, -0.2) is 14.4 Å². The number of amides is 1. The first kappa shape index (κ1) is 20.7. The van der Waals surface area contributed by atoms with Gasteiger partial charge in [0, 0.05) is 11.9 Å². The molecule has 1 unspecified atom stereocenters. The lowest BCUT2D eigenvalue weighted by atomic mass is 10.0. The van der Waals surface area contributed by atoms with Gasteiger partial charge in [-0.2, -0.15) is 0 Å². The summed E-state index contributed by atoms with van der Waals surface area (Å²) in [6.45, 7) is 2.70. The van der Waals surface area contributed by atoms with Crippen molar-refractivity contribution in [2.45, 2.75) is 25.8 Å². The number of hydrogen-bond acceptors (Lipinski definition) is 5. The van der Waals surface area contributed by atoms with Crippen LogP contribution in [-0.2, 0) is 11.2 Å². The first-order chi connectivity index (χ1) is 15.9. The maximum atomic E-state index is 13.5. The number of hydrogen-bond donors (Lipinski definition) is 1. The summed E-state index contributed by atoms with van der Waals surface area (Å²) in [5, 5.41) is 9.66. The summed E-state index contributed by atoms with van der Waals surface area (Å²) in [6.07, 6.45) is 1.86. The average molecular weight is 447 g/mol. The summed E-state index contributed by atoms with van der Waals surface area (Å²) in [7, 11) is 0. The van der Waals surface area contributed by atoms with Crippen LogP contribution >= 0.6 is 0 Å². The van der Waals surface area contributed by atoms with Gasteiger partial charge in [-0.15, -0.1) is 0 Å². The molecule has 9 nitrogen and oxygen atoms in total. The van der Waals surface area contributed by atoms with E-state index < -0.39 is 34.9 Å². The summed E-state index contributed by atoms with van der Waals surface area (Å²) in [6, 6.07) is 11.7. The molecule has 2 aromatic carbocycles. The molecule has 0 saturated carbocycles. The monoisotopic (exact) mass is 447 g/mol. The summed E-state index contributed by atoms with van der Waals surface area (Å²) in [5.41, 5.74) is 2.10. The van der Waals surface area contributed by atoms with Gasteiger partial charge in [-0.1, -0.05) is 18.2 Å². The van der Waals surface area contributed by atoms with Gasteiger partial charge >= 0.3 is 17.8 Å². The standard InChI is InChI=1S/C24H21N3O6/c1-14-3-2-4-18-17(14)9-10-20(18)27-21(28)19(22(29)30)13-26(23(27)31)16-7-5-15(6-8-16)25-11-12-33-24(25)32/h2-8,13,20H,9-12H2,1H3,(H,29,30). The van der Waals surface area contributed by atoms with Crippen LogP contribution in [-0.4, -0.2) is 39.5 Å². The van der Waals surface area contributed by atoms with E-state index in [-0.39, 0.29) is 0 Å². The van der Waals surface area contributed by atoms with E-state index in [1.807, 2.05) is 25.1 Å². The number of carboxylic acid groups (broad SMARTS) is 1. The third kappa shape index (κ3) is 3.32. The topological polar surface area (TPSA) is 111 Å². The first-order valence-corrected chi connectivity index (χ1v) is 10.6. The Morgan fingerprint density at radius 1 is 1.06 bits per heavy atom. The van der Waals surface area contributed by atoms with Gasteiger partial charge < -0.3 is 9.84 Å². The molecule has 1 amide bonds. The second-order valence-electron chi connectivity index (χ2n) is 8.16. The molecule has 1 aliphatic carbocycles. The van der Waals surface area contributed by atoms with Gasteiger partial charge in [0.05, 0.1) is 18.3 Å². The Bertz CT molecular complexity index is 1400. The van der Waals surface area contributed by atoms with E-state index in [1.165, 1.54) is 9.47 Å². The van der Waals surface area contributed by atoms with E-state index in [1.54, 1.807) is 24.3 Å². The highest BCUT2D eigenvalue weighted by Crippen LogP contribution is 2.34. The number of carboxylic acids is 1. The van der Waals surface area contributed by atoms with Crippen LogP contribution in [0.5, 0.6) is 0 Å². The summed E-state index contributed by atoms with van der Waals surface area (Å²) in [5.74, 6) is -1.40. The SMILES string of the molecule is Cc1cccc2c1CCC2n1c(=O)c(C(=O)O)cn(-c2ccc(N3CCOC3=O)cc2)c1=O. The number of ether oxygens (including phenoxy) is 1. The number of carbonyl (C=O) groups is 2. The Labute approximate surface area is 188 Å². The molecular weight excluding hydrogens is 426 g/mol. The molecule has 168 valence electrons. The number of nitrogens with zero attached hydrogens (tertiary/aromatic N) is 3. The predicted molar refractivity (Wildman–Crippen MR) is 120 cm³/mol. The summed E-state index contributed by atoms with van der Waals surface area (Å²) < 4.78 is 7.17. The van der Waals surface area contributed by atoms with Crippen molar-refractivity contribution in [3.8, 4) is 5.69 Å². The average Bonchev–Trinajstić information content (AvgIpc) is 3.41. The summed E-state index contributed by atoms with van der Waals surface area (Å²) >= 11 is 0. The summed E-state index contributed by atoms with van der Waals surface area (Å²) in [4.78, 5) is 51.7. The molecule has 5 rings (SSSR count). The van der Waals surface area contributed by atoms with Gasteiger partial charge in [0.2, 0.25) is 0 Å². The molecule has 2 aliphatic rings. The van der Waals surface area contributed by atoms with E-state index in [2.05, 4.69) is 0 Å². The highest BCUT2D eigenvalue weighted by atomic mass is 16.6. The fourth-order valence-corrected chi connectivity index (χ4v) is 4.68. The number of cyclic esters (lactones) is 1. The zero-order chi connectivity index (χ0) is 23.3. The van der Waals surface area contributed by atoms with Crippen LogP contribution in [0.4, 0.5) is 10.5 Å². The van der Waals surface area contributed by atoms with Gasteiger partial charge in [0.25, 0.3) is 5.56 Å². The molecule has 1 aliphatic heterocycles. The fourth-order valence-electron chi connectivity index (χ4n) is 4.68. The predicted octanol–water partition coefficient (Wildman–Crippen LogP) is 2.50. The Kier molecular flexibility index (Phi) is 4.88. The number of rotatable bonds is 4. The molecule has 1 fully saturated rings. The molecule has 0 radical (unpaired) electrons. The third-order valence-corrected chi connectivity index (χ3v) is 6.34. The number of fused-ring (bicyclic) bond motifs is 1. The normalized spacial score (nSPS) is 17.2. The number of anilines is 1. The smallest absolute Gasteiger partial charge is 0.414 e. The fraction of sp³-hybridized carbons (Fsp3) is 0.250. The minimum absolute atomic E-state index is 0.301. The lowest BCUT2D eigenvalue weighted by Crippen LogP contribution is -2.43. The van der Waals surface area contributed by atoms with E-state index in [9.17, 15) is 24.3 Å². The highest BCUT2D eigenvalue weighted by Gasteiger charge is 2.30. The zero-order valence-electron chi connectivity index (χ0n) is 17.9. The minimum atomic E-state index is -1.40. The first-order valence-electron chi connectivity index (χ1n) is 10.6. The Hall–Kier alpha value is -4.14. The molecule has 33 heavy (non-hydrogen) atoms. The zero-order valence-corrected chi connectivity index (χ0v) is 17.9. The van der Waals surface area contributed by atoms with E-state index in [4.69, 9.17) is 4.74 Å². The third-order valence-electron chi connectivity index (χ3n) is 6.34. The lowest BCUT2D eigenvalue weighted by molar-refractivity contribution is 0.0692. The van der Waals surface area contributed by atoms with Crippen LogP contribution < -0.4 is 16.1 Å². The minimum Gasteiger partial charge on any atom is -0.477 e. The molecule has 1 N–H and O–H groups in total. The van der Waals surface area contributed by atoms with Crippen molar-refractivity contribution >= 4 is 17.7 Å². The van der Waals surface area contributed by atoms with Crippen molar-refractivity contribution in [3.63, 3.8) is 0 Å². The van der Waals surface area contributed by atoms with Crippen molar-refractivity contribution in [3.05, 3.63) is 91.8 Å². The van der Waals surface area contributed by atoms with Crippen molar-refractivity contribution in [1.82, 2.24) is 9.13 Å². The van der Waals surface area contributed by atoms with Crippen LogP contribution in [0.3, 0.4) is 0 Å². The Morgan fingerprint density at radius 3 is 2.45 bits per heavy atom. The van der Waals surface area contributed by atoms with Crippen molar-refractivity contribution < 1.29 is 19.4 Å². The second-order valence-corrected chi connectivity index (χ2v) is 8.16. The van der Waals surface area contributed by atoms with Crippen LogP contribution in [0.15, 0.2) is 58.3 Å². The maximum Gasteiger partial charge on any atom is 0.414 e.